The van der Waals surface area contributed by atoms with E-state index in [9.17, 15) is 12.8 Å². The topological polar surface area (TPSA) is 55.2 Å². The van der Waals surface area contributed by atoms with Crippen molar-refractivity contribution in [3.63, 3.8) is 0 Å². The maximum Gasteiger partial charge on any atom is 0.268 e. The zero-order valence-corrected chi connectivity index (χ0v) is 17.9. The van der Waals surface area contributed by atoms with Crippen molar-refractivity contribution < 1.29 is 12.8 Å². The van der Waals surface area contributed by atoms with E-state index < -0.39 is 10.0 Å². The summed E-state index contributed by atoms with van der Waals surface area (Å²) in [6, 6.07) is 12.8. The normalized spacial score (nSPS) is 15.9. The first-order valence-corrected chi connectivity index (χ1v) is 11.7. The molecule has 0 spiro atoms. The van der Waals surface area contributed by atoms with E-state index in [2.05, 4.69) is 23.0 Å². The Morgan fingerprint density at radius 3 is 2.81 bits per heavy atom. The lowest BCUT2D eigenvalue weighted by molar-refractivity contribution is 0.355. The summed E-state index contributed by atoms with van der Waals surface area (Å²) in [6.07, 6.45) is 7.12. The fourth-order valence-corrected chi connectivity index (χ4v) is 5.59. The molecule has 31 heavy (non-hydrogen) atoms. The van der Waals surface area contributed by atoms with Crippen LogP contribution < -0.4 is 0 Å². The van der Waals surface area contributed by atoms with E-state index in [1.165, 1.54) is 22.2 Å². The van der Waals surface area contributed by atoms with Crippen LogP contribution in [-0.4, -0.2) is 42.4 Å². The van der Waals surface area contributed by atoms with Crippen LogP contribution in [0, 0.1) is 5.82 Å². The van der Waals surface area contributed by atoms with Gasteiger partial charge in [-0.05, 0) is 67.9 Å². The molecule has 4 aromatic rings. The third-order valence-electron chi connectivity index (χ3n) is 5.87. The van der Waals surface area contributed by atoms with E-state index in [0.717, 1.165) is 48.0 Å². The van der Waals surface area contributed by atoms with Gasteiger partial charge in [-0.3, -0.25) is 4.98 Å². The molecule has 5 rings (SSSR count). The van der Waals surface area contributed by atoms with Crippen LogP contribution in [0.3, 0.4) is 0 Å². The standard InChI is InChI=1S/C24H22FN3O2S/c1-27-12-3-5-17(10-13-27)22-16-28(24-9-6-19(25)15-21(22)24)31(29,30)20-7-8-23-18(14-20)4-2-11-26-23/h2,4-9,11,14-16H,3,10,12-13H2,1H3. The highest BCUT2D eigenvalue weighted by atomic mass is 32.2. The number of fused-ring (bicyclic) bond motifs is 2. The molecule has 7 heteroatoms. The van der Waals surface area contributed by atoms with E-state index in [1.807, 2.05) is 6.07 Å². The van der Waals surface area contributed by atoms with Crippen LogP contribution in [0.15, 0.2) is 71.9 Å². The fourth-order valence-electron chi connectivity index (χ4n) is 4.18. The summed E-state index contributed by atoms with van der Waals surface area (Å²) in [6.45, 7) is 1.82. The number of halogens is 1. The van der Waals surface area contributed by atoms with Gasteiger partial charge in [0.05, 0.1) is 15.9 Å². The van der Waals surface area contributed by atoms with Gasteiger partial charge < -0.3 is 4.90 Å². The Morgan fingerprint density at radius 2 is 1.94 bits per heavy atom. The number of benzene rings is 2. The first kappa shape index (κ1) is 19.9. The van der Waals surface area contributed by atoms with Crippen molar-refractivity contribution in [3.05, 3.63) is 78.4 Å². The molecule has 1 aliphatic heterocycles. The summed E-state index contributed by atoms with van der Waals surface area (Å²) >= 11 is 0. The van der Waals surface area contributed by atoms with E-state index in [0.29, 0.717) is 10.9 Å². The minimum absolute atomic E-state index is 0.176. The Hall–Kier alpha value is -3.03. The second kappa shape index (κ2) is 7.59. The third-order valence-corrected chi connectivity index (χ3v) is 7.54. The number of pyridine rings is 1. The van der Waals surface area contributed by atoms with Crippen molar-refractivity contribution in [1.82, 2.24) is 13.9 Å². The Bertz CT molecular complexity index is 1440. The van der Waals surface area contributed by atoms with E-state index in [1.54, 1.807) is 36.7 Å². The second-order valence-corrected chi connectivity index (χ2v) is 9.75. The van der Waals surface area contributed by atoms with Gasteiger partial charge in [0.1, 0.15) is 5.82 Å². The highest BCUT2D eigenvalue weighted by Crippen LogP contribution is 2.34. The molecule has 5 nitrogen and oxygen atoms in total. The zero-order valence-electron chi connectivity index (χ0n) is 17.1. The molecular weight excluding hydrogens is 413 g/mol. The first-order chi connectivity index (χ1) is 14.9. The van der Waals surface area contributed by atoms with E-state index in [-0.39, 0.29) is 10.7 Å². The molecule has 0 atom stereocenters. The molecule has 0 saturated heterocycles. The highest BCUT2D eigenvalue weighted by molar-refractivity contribution is 7.90. The molecule has 3 heterocycles. The summed E-state index contributed by atoms with van der Waals surface area (Å²) in [5.74, 6) is -0.382. The maximum atomic E-state index is 14.1. The molecule has 0 N–H and O–H groups in total. The molecular formula is C24H22FN3O2S. The smallest absolute Gasteiger partial charge is 0.268 e. The van der Waals surface area contributed by atoms with Gasteiger partial charge in [0.15, 0.2) is 0 Å². The highest BCUT2D eigenvalue weighted by Gasteiger charge is 2.23. The van der Waals surface area contributed by atoms with Crippen LogP contribution in [0.4, 0.5) is 4.39 Å². The molecule has 0 radical (unpaired) electrons. The lowest BCUT2D eigenvalue weighted by Crippen LogP contribution is -2.18. The number of hydrogen-bond donors (Lipinski definition) is 0. The monoisotopic (exact) mass is 435 g/mol. The summed E-state index contributed by atoms with van der Waals surface area (Å²) in [4.78, 5) is 6.68. The molecule has 0 unspecified atom stereocenters. The van der Waals surface area contributed by atoms with Gasteiger partial charge in [-0.2, -0.15) is 0 Å². The third kappa shape index (κ3) is 3.54. The predicted molar refractivity (Wildman–Crippen MR) is 121 cm³/mol. The Labute approximate surface area is 180 Å². The SMILES string of the molecule is CN1CCC=C(c2cn(S(=O)(=O)c3ccc4ncccc4c3)c3ccc(F)cc23)CC1. The van der Waals surface area contributed by atoms with Crippen LogP contribution in [-0.2, 0) is 10.0 Å². The molecule has 0 saturated carbocycles. The van der Waals surface area contributed by atoms with Gasteiger partial charge in [-0.15, -0.1) is 0 Å². The van der Waals surface area contributed by atoms with Crippen LogP contribution >= 0.6 is 0 Å². The molecule has 0 amide bonds. The number of rotatable bonds is 3. The van der Waals surface area contributed by atoms with Gasteiger partial charge in [-0.1, -0.05) is 12.1 Å². The van der Waals surface area contributed by atoms with Crippen molar-refractivity contribution in [2.45, 2.75) is 17.7 Å². The van der Waals surface area contributed by atoms with Crippen molar-refractivity contribution in [2.75, 3.05) is 20.1 Å². The fraction of sp³-hybridized carbons (Fsp3) is 0.208. The summed E-state index contributed by atoms with van der Waals surface area (Å²) in [5, 5.41) is 1.36. The van der Waals surface area contributed by atoms with E-state index >= 15 is 0 Å². The maximum absolute atomic E-state index is 14.1. The summed E-state index contributed by atoms with van der Waals surface area (Å²) < 4.78 is 42.6. The van der Waals surface area contributed by atoms with Crippen LogP contribution in [0.2, 0.25) is 0 Å². The summed E-state index contributed by atoms with van der Waals surface area (Å²) in [5.41, 5.74) is 3.03. The number of hydrogen-bond acceptors (Lipinski definition) is 4. The van der Waals surface area contributed by atoms with Crippen molar-refractivity contribution in [1.29, 1.82) is 0 Å². The quantitative estimate of drug-likeness (QED) is 0.469. The van der Waals surface area contributed by atoms with Crippen molar-refractivity contribution >= 4 is 37.4 Å². The molecule has 0 bridgehead atoms. The van der Waals surface area contributed by atoms with Gasteiger partial charge >= 0.3 is 0 Å². The van der Waals surface area contributed by atoms with Crippen molar-refractivity contribution in [3.8, 4) is 0 Å². The van der Waals surface area contributed by atoms with Gasteiger partial charge in [0.2, 0.25) is 0 Å². The second-order valence-electron chi connectivity index (χ2n) is 7.93. The predicted octanol–water partition coefficient (Wildman–Crippen LogP) is 4.67. The molecule has 0 aliphatic carbocycles. The van der Waals surface area contributed by atoms with Crippen LogP contribution in [0.1, 0.15) is 18.4 Å². The lowest BCUT2D eigenvalue weighted by Gasteiger charge is -2.12. The van der Waals surface area contributed by atoms with Gasteiger partial charge in [-0.25, -0.2) is 16.8 Å². The lowest BCUT2D eigenvalue weighted by atomic mass is 10.0. The van der Waals surface area contributed by atoms with Crippen LogP contribution in [0.5, 0.6) is 0 Å². The first-order valence-electron chi connectivity index (χ1n) is 10.2. The Balaban J connectivity index is 1.69. The average Bonchev–Trinajstić information content (AvgIpc) is 3.01. The van der Waals surface area contributed by atoms with Gasteiger partial charge in [0, 0.05) is 41.8 Å². The molecule has 1 aliphatic rings. The average molecular weight is 436 g/mol. The zero-order chi connectivity index (χ0) is 21.6. The molecule has 0 fully saturated rings. The largest absolute Gasteiger partial charge is 0.306 e. The summed E-state index contributed by atoms with van der Waals surface area (Å²) in [7, 11) is -1.81. The minimum Gasteiger partial charge on any atom is -0.306 e. The minimum atomic E-state index is -3.88. The molecule has 2 aromatic carbocycles. The van der Waals surface area contributed by atoms with Gasteiger partial charge in [0.25, 0.3) is 10.0 Å². The van der Waals surface area contributed by atoms with Crippen LogP contribution in [0.25, 0.3) is 27.4 Å². The Kier molecular flexibility index (Phi) is 4.87. The van der Waals surface area contributed by atoms with E-state index in [4.69, 9.17) is 0 Å². The number of aromatic nitrogens is 2. The molecule has 158 valence electrons. The molecule has 2 aromatic heterocycles. The Morgan fingerprint density at radius 1 is 1.06 bits per heavy atom. The van der Waals surface area contributed by atoms with Crippen molar-refractivity contribution in [2.24, 2.45) is 0 Å². The number of nitrogens with zero attached hydrogens (tertiary/aromatic N) is 3.